The van der Waals surface area contributed by atoms with Crippen LogP contribution in [-0.2, 0) is 0 Å². The number of benzene rings is 4. The third kappa shape index (κ3) is 7.35. The molecule has 10 aromatic rings. The SMILES string of the molecule is CC(c1nc2ccccc2c(=O)n1C1CCC1)n1nc(-c2cccc(O)c2)c2c(N)ncnc21.COc1cccc(-c2nn(C(C)c3nc4ccccc4c(=O)n3C3CCC3)c3ncnc(N)c23)c1. The Labute approximate surface area is 393 Å². The van der Waals surface area contributed by atoms with E-state index in [1.165, 1.54) is 12.7 Å². The van der Waals surface area contributed by atoms with Gasteiger partial charge in [-0.1, -0.05) is 48.5 Å². The quantitative estimate of drug-likeness (QED) is 0.125. The number of ether oxygens (including phenoxy) is 1. The molecule has 5 N–H and O–H groups in total. The fourth-order valence-corrected chi connectivity index (χ4v) is 9.49. The Morgan fingerprint density at radius 3 is 1.52 bits per heavy atom. The number of aromatic hydroxyl groups is 1. The molecular formula is C51H48N14O4. The van der Waals surface area contributed by atoms with Gasteiger partial charge in [-0.15, -0.1) is 0 Å². The zero-order valence-corrected chi connectivity index (χ0v) is 38.1. The van der Waals surface area contributed by atoms with Gasteiger partial charge in [-0.25, -0.2) is 39.3 Å². The molecule has 2 aliphatic carbocycles. The number of hydrogen-bond donors (Lipinski definition) is 3. The van der Waals surface area contributed by atoms with Crippen LogP contribution in [0, 0.1) is 0 Å². The maximum absolute atomic E-state index is 13.6. The van der Waals surface area contributed by atoms with Gasteiger partial charge in [0.15, 0.2) is 11.3 Å². The lowest BCUT2D eigenvalue weighted by Gasteiger charge is -2.31. The van der Waals surface area contributed by atoms with Crippen LogP contribution in [0.3, 0.4) is 0 Å². The molecular weight excluding hydrogens is 873 g/mol. The van der Waals surface area contributed by atoms with Gasteiger partial charge in [-0.3, -0.25) is 18.7 Å². The first-order valence-electron chi connectivity index (χ1n) is 23.0. The summed E-state index contributed by atoms with van der Waals surface area (Å²) in [6, 6.07) is 28.9. The molecule has 0 spiro atoms. The Bertz CT molecular complexity index is 3740. The molecule has 0 aliphatic heterocycles. The van der Waals surface area contributed by atoms with Crippen molar-refractivity contribution < 1.29 is 9.84 Å². The van der Waals surface area contributed by atoms with Crippen molar-refractivity contribution in [2.75, 3.05) is 18.6 Å². The van der Waals surface area contributed by atoms with Crippen molar-refractivity contribution in [3.63, 3.8) is 0 Å². The minimum absolute atomic E-state index is 0.0132. The van der Waals surface area contributed by atoms with Gasteiger partial charge in [0.1, 0.15) is 70.9 Å². The summed E-state index contributed by atoms with van der Waals surface area (Å²) in [6.07, 6.45) is 8.85. The van der Waals surface area contributed by atoms with E-state index in [-0.39, 0.29) is 35.0 Å². The fourth-order valence-electron chi connectivity index (χ4n) is 9.49. The zero-order chi connectivity index (χ0) is 47.5. The van der Waals surface area contributed by atoms with Crippen molar-refractivity contribution in [2.45, 2.75) is 76.5 Å². The van der Waals surface area contributed by atoms with E-state index in [1.54, 1.807) is 34.7 Å². The molecule has 2 atom stereocenters. The fraction of sp³-hybridized carbons (Fsp3) is 0.255. The Morgan fingerprint density at radius 1 is 0.609 bits per heavy atom. The lowest BCUT2D eigenvalue weighted by atomic mass is 9.92. The van der Waals surface area contributed by atoms with Crippen LogP contribution < -0.4 is 27.3 Å². The number of fused-ring (bicyclic) bond motifs is 4. The van der Waals surface area contributed by atoms with E-state index in [0.717, 1.165) is 44.1 Å². The molecule has 0 saturated heterocycles. The first-order valence-corrected chi connectivity index (χ1v) is 23.0. The summed E-state index contributed by atoms with van der Waals surface area (Å²) in [5.41, 5.74) is 17.7. The number of hydrogen-bond acceptors (Lipinski definition) is 14. The second-order valence-corrected chi connectivity index (χ2v) is 17.6. The molecule has 2 fully saturated rings. The second kappa shape index (κ2) is 17.3. The van der Waals surface area contributed by atoms with Crippen LogP contribution in [0.5, 0.6) is 11.5 Å². The van der Waals surface area contributed by atoms with Crippen LogP contribution in [-0.4, -0.2) is 70.8 Å². The summed E-state index contributed by atoms with van der Waals surface area (Å²) in [5, 5.41) is 22.3. The Kier molecular flexibility index (Phi) is 10.8. The van der Waals surface area contributed by atoms with E-state index < -0.39 is 6.04 Å². The van der Waals surface area contributed by atoms with Crippen LogP contribution in [0.25, 0.3) is 66.4 Å². The molecule has 0 amide bonds. The first-order chi connectivity index (χ1) is 33.6. The summed E-state index contributed by atoms with van der Waals surface area (Å²) in [4.78, 5) is 54.4. The smallest absolute Gasteiger partial charge is 0.261 e. The number of aromatic nitrogens is 12. The predicted molar refractivity (Wildman–Crippen MR) is 264 cm³/mol. The molecule has 2 saturated carbocycles. The molecule has 6 aromatic heterocycles. The third-order valence-corrected chi connectivity index (χ3v) is 13.5. The molecule has 18 heteroatoms. The van der Waals surface area contributed by atoms with E-state index >= 15 is 0 Å². The third-order valence-electron chi connectivity index (χ3n) is 13.5. The number of anilines is 2. The maximum atomic E-state index is 13.6. The van der Waals surface area contributed by atoms with Crippen molar-refractivity contribution in [3.05, 3.63) is 142 Å². The zero-order valence-electron chi connectivity index (χ0n) is 38.1. The van der Waals surface area contributed by atoms with Gasteiger partial charge in [0.25, 0.3) is 11.1 Å². The molecule has 0 radical (unpaired) electrons. The number of nitrogens with two attached hydrogens (primary N) is 2. The molecule has 69 heavy (non-hydrogen) atoms. The van der Waals surface area contributed by atoms with E-state index in [0.29, 0.717) is 89.9 Å². The van der Waals surface area contributed by atoms with Gasteiger partial charge >= 0.3 is 0 Å². The summed E-state index contributed by atoms with van der Waals surface area (Å²) in [6.45, 7) is 3.95. The number of nitrogen functional groups attached to an aromatic ring is 2. The van der Waals surface area contributed by atoms with Gasteiger partial charge in [0, 0.05) is 23.2 Å². The van der Waals surface area contributed by atoms with E-state index in [9.17, 15) is 14.7 Å². The van der Waals surface area contributed by atoms with Gasteiger partial charge in [0.2, 0.25) is 0 Å². The normalized spacial score (nSPS) is 14.9. The van der Waals surface area contributed by atoms with Crippen LogP contribution in [0.2, 0.25) is 0 Å². The van der Waals surface area contributed by atoms with Gasteiger partial charge in [-0.2, -0.15) is 10.2 Å². The van der Waals surface area contributed by atoms with Crippen molar-refractivity contribution in [2.24, 2.45) is 0 Å². The monoisotopic (exact) mass is 920 g/mol. The number of phenols is 1. The highest BCUT2D eigenvalue weighted by molar-refractivity contribution is 5.99. The first kappa shape index (κ1) is 43.1. The van der Waals surface area contributed by atoms with Crippen LogP contribution in [0.1, 0.15) is 88.2 Å². The lowest BCUT2D eigenvalue weighted by Crippen LogP contribution is -2.34. The number of phenolic OH excluding ortho intramolecular Hbond substituents is 1. The Hall–Kier alpha value is -8.54. The van der Waals surface area contributed by atoms with Gasteiger partial charge in [-0.05, 0) is 101 Å². The Morgan fingerprint density at radius 2 is 1.07 bits per heavy atom. The summed E-state index contributed by atoms with van der Waals surface area (Å²) >= 11 is 0. The Balaban J connectivity index is 0.000000151. The second-order valence-electron chi connectivity index (χ2n) is 17.6. The van der Waals surface area contributed by atoms with E-state index in [4.69, 9.17) is 36.4 Å². The van der Waals surface area contributed by atoms with Crippen LogP contribution in [0.4, 0.5) is 11.6 Å². The minimum Gasteiger partial charge on any atom is -0.508 e. The highest BCUT2D eigenvalue weighted by Gasteiger charge is 2.32. The topological polar surface area (TPSA) is 238 Å². The highest BCUT2D eigenvalue weighted by atomic mass is 16.5. The van der Waals surface area contributed by atoms with Crippen LogP contribution in [0.15, 0.2) is 119 Å². The van der Waals surface area contributed by atoms with Gasteiger partial charge < -0.3 is 21.3 Å². The molecule has 6 heterocycles. The van der Waals surface area contributed by atoms with Crippen LogP contribution >= 0.6 is 0 Å². The predicted octanol–water partition coefficient (Wildman–Crippen LogP) is 7.95. The molecule has 12 rings (SSSR count). The molecule has 0 bridgehead atoms. The molecule has 2 aliphatic rings. The van der Waals surface area contributed by atoms with Gasteiger partial charge in [0.05, 0.1) is 39.7 Å². The molecule has 346 valence electrons. The molecule has 18 nitrogen and oxygen atoms in total. The highest BCUT2D eigenvalue weighted by Crippen LogP contribution is 2.39. The van der Waals surface area contributed by atoms with Crippen molar-refractivity contribution in [1.82, 2.24) is 58.6 Å². The van der Waals surface area contributed by atoms with E-state index in [1.807, 2.05) is 102 Å². The summed E-state index contributed by atoms with van der Waals surface area (Å²) in [7, 11) is 1.63. The summed E-state index contributed by atoms with van der Waals surface area (Å²) in [5.74, 6) is 2.77. The van der Waals surface area contributed by atoms with E-state index in [2.05, 4.69) is 19.9 Å². The summed E-state index contributed by atoms with van der Waals surface area (Å²) < 4.78 is 12.7. The van der Waals surface area contributed by atoms with Crippen molar-refractivity contribution in [3.8, 4) is 34.0 Å². The average Bonchev–Trinajstić information content (AvgIpc) is 3.93. The largest absolute Gasteiger partial charge is 0.508 e. The van der Waals surface area contributed by atoms with Crippen molar-refractivity contribution >= 4 is 55.5 Å². The maximum Gasteiger partial charge on any atom is 0.261 e. The number of nitrogens with zero attached hydrogens (tertiary/aromatic N) is 12. The standard InChI is InChI=1S/C26H25N7O2.C25H23N7O2/c1-15(24-30-20-12-4-3-11-19(20)26(34)32(24)17-8-6-9-17)33-25-21(23(27)28-14-29-25)22(31-33)16-7-5-10-18(13-16)35-2;1-14(23-29-19-11-3-2-10-18(19)25(34)31(23)16-7-5-8-16)32-24-20(22(26)27-13-28-24)21(30-32)15-6-4-9-17(33)12-15/h3-5,7,10-15,17H,6,8-9H2,1-2H3,(H2,27,28,29);2-4,6,9-14,16,33H,5,7-8H2,1H3,(H2,26,27,28). The number of rotatable bonds is 9. The molecule has 4 aromatic carbocycles. The number of para-hydroxylation sites is 2. The molecule has 2 unspecified atom stereocenters. The number of methoxy groups -OCH3 is 1. The average molecular weight is 921 g/mol. The van der Waals surface area contributed by atoms with Crippen molar-refractivity contribution in [1.29, 1.82) is 0 Å². The minimum atomic E-state index is -0.402. The lowest BCUT2D eigenvalue weighted by molar-refractivity contribution is 0.288.